The van der Waals surface area contributed by atoms with Gasteiger partial charge >= 0.3 is 31.3 Å². The second kappa shape index (κ2) is 6.63. The van der Waals surface area contributed by atoms with Gasteiger partial charge in [-0.15, -0.1) is 0 Å². The van der Waals surface area contributed by atoms with Crippen LogP contribution >= 0.6 is 0 Å². The van der Waals surface area contributed by atoms with Gasteiger partial charge in [0.25, 0.3) is 0 Å². The third-order valence-electron chi connectivity index (χ3n) is 4.55. The van der Waals surface area contributed by atoms with E-state index < -0.39 is 54.8 Å². The van der Waals surface area contributed by atoms with Gasteiger partial charge in [0.2, 0.25) is 0 Å². The summed E-state index contributed by atoms with van der Waals surface area (Å²) in [5.41, 5.74) is -11.8. The van der Waals surface area contributed by atoms with E-state index in [1.165, 1.54) is 0 Å². The van der Waals surface area contributed by atoms with Gasteiger partial charge in [-0.05, 0) is 30.9 Å². The molecule has 3 rings (SSSR count). The molecule has 0 saturated carbocycles. The van der Waals surface area contributed by atoms with Gasteiger partial charge in [0.1, 0.15) is 11.5 Å². The Morgan fingerprint density at radius 1 is 0.828 bits per heavy atom. The largest absolute Gasteiger partial charge is 0.534 e. The third-order valence-corrected chi connectivity index (χ3v) is 6.48. The molecular weight excluding hydrogens is 456 g/mol. The molecule has 2 atom stereocenters. The third kappa shape index (κ3) is 3.86. The van der Waals surface area contributed by atoms with Crippen LogP contribution in [0.3, 0.4) is 0 Å². The summed E-state index contributed by atoms with van der Waals surface area (Å²) in [5.74, 6) is -1.57. The van der Waals surface area contributed by atoms with E-state index in [-0.39, 0.29) is 17.0 Å². The monoisotopic (exact) mass is 469 g/mol. The van der Waals surface area contributed by atoms with E-state index in [1.807, 2.05) is 0 Å². The number of rotatable bonds is 4. The molecule has 2 unspecified atom stereocenters. The van der Waals surface area contributed by atoms with Crippen LogP contribution in [0.15, 0.2) is 12.1 Å². The fourth-order valence-electron chi connectivity index (χ4n) is 3.47. The number of benzene rings is 1. The van der Waals surface area contributed by atoms with Gasteiger partial charge < -0.3 is 13.7 Å². The summed E-state index contributed by atoms with van der Waals surface area (Å²) < 4.78 is 130. The van der Waals surface area contributed by atoms with Crippen LogP contribution in [-0.4, -0.2) is 27.9 Å². The molecule has 1 aromatic rings. The van der Waals surface area contributed by atoms with Gasteiger partial charge in [-0.25, -0.2) is 0 Å². The number of fused-ring (bicyclic) bond motifs is 5. The molecule has 2 aliphatic rings. The highest BCUT2D eigenvalue weighted by atomic mass is 32.2. The predicted octanol–water partition coefficient (Wildman–Crippen LogP) is 3.26. The Labute approximate surface area is 161 Å². The summed E-state index contributed by atoms with van der Waals surface area (Å²) in [7, 11) is -12.1. The molecule has 1 N–H and O–H groups in total. The molecule has 2 heterocycles. The molecule has 0 aromatic heterocycles. The van der Waals surface area contributed by atoms with Crippen molar-refractivity contribution in [3.05, 3.63) is 23.3 Å². The van der Waals surface area contributed by atoms with Crippen molar-refractivity contribution in [2.75, 3.05) is 0 Å². The van der Waals surface area contributed by atoms with Gasteiger partial charge in [-0.2, -0.15) is 43.2 Å². The average molecular weight is 469 g/mol. The zero-order valence-electron chi connectivity index (χ0n) is 14.3. The lowest BCUT2D eigenvalue weighted by atomic mass is 9.93. The van der Waals surface area contributed by atoms with Crippen LogP contribution in [0.5, 0.6) is 11.5 Å². The van der Waals surface area contributed by atoms with E-state index in [0.717, 1.165) is 0 Å². The molecule has 2 aliphatic heterocycles. The number of nitrogens with one attached hydrogen (secondary N) is 1. The molecule has 0 radical (unpaired) electrons. The van der Waals surface area contributed by atoms with Crippen molar-refractivity contribution < 1.29 is 51.5 Å². The van der Waals surface area contributed by atoms with Crippen molar-refractivity contribution >= 4 is 20.2 Å². The molecule has 1 aromatic carbocycles. The lowest BCUT2D eigenvalue weighted by molar-refractivity contribution is -0.0506. The van der Waals surface area contributed by atoms with E-state index in [4.69, 9.17) is 0 Å². The first-order chi connectivity index (χ1) is 13.0. The van der Waals surface area contributed by atoms with Crippen molar-refractivity contribution in [3.63, 3.8) is 0 Å². The fourth-order valence-corrected chi connectivity index (χ4v) is 4.43. The van der Waals surface area contributed by atoms with Crippen LogP contribution in [-0.2, 0) is 20.2 Å². The van der Waals surface area contributed by atoms with E-state index in [9.17, 15) is 43.2 Å². The summed E-state index contributed by atoms with van der Waals surface area (Å²) in [6, 6.07) is -0.240. The molecule has 7 nitrogen and oxygen atoms in total. The van der Waals surface area contributed by atoms with Crippen LogP contribution in [0.2, 0.25) is 0 Å². The molecule has 1 fully saturated rings. The number of piperidine rings is 1. The van der Waals surface area contributed by atoms with E-state index in [1.54, 1.807) is 6.92 Å². The SMILES string of the molecule is CC1CC2NC(C1)c1c(OS(=O)(=O)C(F)(F)F)ccc(OS(=O)(=O)C(F)(F)F)c12. The second-order valence-electron chi connectivity index (χ2n) is 6.70. The average Bonchev–Trinajstić information content (AvgIpc) is 2.79. The molecular formula is C14H13F6NO6S2. The van der Waals surface area contributed by atoms with Crippen molar-refractivity contribution in [1.29, 1.82) is 0 Å². The zero-order chi connectivity index (χ0) is 22.0. The highest BCUT2D eigenvalue weighted by Crippen LogP contribution is 2.53. The molecule has 0 amide bonds. The Morgan fingerprint density at radius 3 is 1.48 bits per heavy atom. The quantitative estimate of drug-likeness (QED) is 0.411. The predicted molar refractivity (Wildman–Crippen MR) is 84.7 cm³/mol. The number of hydrogen-bond donors (Lipinski definition) is 1. The van der Waals surface area contributed by atoms with Gasteiger partial charge in [-0.3, -0.25) is 0 Å². The summed E-state index contributed by atoms with van der Waals surface area (Å²) in [4.78, 5) is 0. The van der Waals surface area contributed by atoms with Crippen molar-refractivity contribution in [2.24, 2.45) is 5.92 Å². The molecule has 0 spiro atoms. The van der Waals surface area contributed by atoms with Crippen molar-refractivity contribution in [1.82, 2.24) is 5.32 Å². The van der Waals surface area contributed by atoms with Crippen LogP contribution in [0.4, 0.5) is 26.3 Å². The lowest BCUT2D eigenvalue weighted by Gasteiger charge is -2.27. The minimum Gasteiger partial charge on any atom is -0.376 e. The highest BCUT2D eigenvalue weighted by Gasteiger charge is 2.52. The van der Waals surface area contributed by atoms with Crippen LogP contribution in [0.25, 0.3) is 0 Å². The maximum absolute atomic E-state index is 12.7. The van der Waals surface area contributed by atoms with E-state index >= 15 is 0 Å². The molecule has 1 saturated heterocycles. The summed E-state index contributed by atoms with van der Waals surface area (Å²) in [5, 5.41) is 2.90. The Kier molecular flexibility index (Phi) is 5.02. The van der Waals surface area contributed by atoms with Crippen LogP contribution in [0.1, 0.15) is 43.0 Å². The first kappa shape index (κ1) is 22.0. The Morgan fingerprint density at radius 2 is 1.17 bits per heavy atom. The molecule has 2 bridgehead atoms. The molecule has 0 aliphatic carbocycles. The van der Waals surface area contributed by atoms with Crippen molar-refractivity contribution in [3.8, 4) is 11.5 Å². The van der Waals surface area contributed by atoms with Gasteiger partial charge in [0.05, 0.1) is 0 Å². The topological polar surface area (TPSA) is 98.8 Å². The van der Waals surface area contributed by atoms with E-state index in [2.05, 4.69) is 13.7 Å². The lowest BCUT2D eigenvalue weighted by Crippen LogP contribution is -2.29. The van der Waals surface area contributed by atoms with Gasteiger partial charge in [0.15, 0.2) is 0 Å². The minimum absolute atomic E-state index is 0.0437. The summed E-state index contributed by atoms with van der Waals surface area (Å²) >= 11 is 0. The maximum atomic E-state index is 12.7. The number of halogens is 6. The number of alkyl halides is 6. The summed E-state index contributed by atoms with van der Waals surface area (Å²) in [6.45, 7) is 1.77. The first-order valence-electron chi connectivity index (χ1n) is 7.98. The fraction of sp³-hybridized carbons (Fsp3) is 0.571. The van der Waals surface area contributed by atoms with Crippen LogP contribution < -0.4 is 13.7 Å². The van der Waals surface area contributed by atoms with Crippen molar-refractivity contribution in [2.45, 2.75) is 42.9 Å². The van der Waals surface area contributed by atoms with Gasteiger partial charge in [-0.1, -0.05) is 6.92 Å². The maximum Gasteiger partial charge on any atom is 0.534 e. The molecule has 164 valence electrons. The Hall–Kier alpha value is -1.74. The van der Waals surface area contributed by atoms with Gasteiger partial charge in [0, 0.05) is 23.2 Å². The van der Waals surface area contributed by atoms with Crippen LogP contribution in [0, 0.1) is 5.92 Å². The Bertz CT molecular complexity index is 953. The highest BCUT2D eigenvalue weighted by molar-refractivity contribution is 7.88. The Balaban J connectivity index is 2.13. The minimum atomic E-state index is -6.05. The molecule has 29 heavy (non-hydrogen) atoms. The summed E-state index contributed by atoms with van der Waals surface area (Å²) in [6.07, 6.45) is 0.614. The smallest absolute Gasteiger partial charge is 0.376 e. The zero-order valence-corrected chi connectivity index (χ0v) is 16.0. The van der Waals surface area contributed by atoms with E-state index in [0.29, 0.717) is 25.0 Å². The normalized spacial score (nSPS) is 24.9. The number of hydrogen-bond acceptors (Lipinski definition) is 7. The standard InChI is InChI=1S/C14H13F6NO6S2/c1-6-4-7-11-9(26-28(22,23)13(15,16)17)2-3-10(12(11)8(5-6)21-7)27-29(24,25)14(18,19)20/h2-3,6-8,21H,4-5H2,1H3. The first-order valence-corrected chi connectivity index (χ1v) is 10.8. The molecule has 15 heteroatoms. The second-order valence-corrected chi connectivity index (χ2v) is 9.78.